The highest BCUT2D eigenvalue weighted by molar-refractivity contribution is 7.89. The Balaban J connectivity index is 1.73. The maximum atomic E-state index is 12.4. The molecule has 6 heteroatoms. The quantitative estimate of drug-likeness (QED) is 0.862. The Labute approximate surface area is 148 Å². The van der Waals surface area contributed by atoms with E-state index in [0.29, 0.717) is 5.56 Å². The number of hydrogen-bond acceptors (Lipinski definition) is 3. The average Bonchev–Trinajstić information content (AvgIpc) is 3.01. The van der Waals surface area contributed by atoms with Gasteiger partial charge in [-0.1, -0.05) is 6.07 Å². The number of rotatable bonds is 5. The highest BCUT2D eigenvalue weighted by Gasteiger charge is 2.16. The van der Waals surface area contributed by atoms with Gasteiger partial charge in [0, 0.05) is 17.3 Å². The Morgan fingerprint density at radius 1 is 1.00 bits per heavy atom. The van der Waals surface area contributed by atoms with Crippen molar-refractivity contribution in [3.63, 3.8) is 0 Å². The Hall–Kier alpha value is -2.18. The second-order valence-corrected chi connectivity index (χ2v) is 8.31. The molecule has 0 saturated carbocycles. The van der Waals surface area contributed by atoms with E-state index in [-0.39, 0.29) is 16.8 Å². The van der Waals surface area contributed by atoms with E-state index in [4.69, 9.17) is 0 Å². The van der Waals surface area contributed by atoms with Gasteiger partial charge in [0.25, 0.3) is 5.91 Å². The largest absolute Gasteiger partial charge is 0.322 e. The minimum absolute atomic E-state index is 0.148. The van der Waals surface area contributed by atoms with Crippen molar-refractivity contribution < 1.29 is 13.2 Å². The summed E-state index contributed by atoms with van der Waals surface area (Å²) in [4.78, 5) is 12.5. The van der Waals surface area contributed by atoms with Gasteiger partial charge in [-0.15, -0.1) is 0 Å². The summed E-state index contributed by atoms with van der Waals surface area (Å²) < 4.78 is 26.7. The summed E-state index contributed by atoms with van der Waals surface area (Å²) in [6.07, 6.45) is 3.31. The monoisotopic (exact) mass is 358 g/mol. The standard InChI is InChI=1S/C19H22N2O3S/c1-13(2)21-25(23,24)18-10-7-15(8-11-18)19(22)20-17-9-6-14-4-3-5-16(14)12-17/h6-13,21H,3-5H2,1-2H3,(H,20,22). The molecule has 0 saturated heterocycles. The van der Waals surface area contributed by atoms with Crippen LogP contribution in [0.4, 0.5) is 5.69 Å². The third-order valence-electron chi connectivity index (χ3n) is 4.17. The van der Waals surface area contributed by atoms with Crippen molar-refractivity contribution in [2.75, 3.05) is 5.32 Å². The molecule has 132 valence electrons. The molecule has 1 amide bonds. The molecule has 1 aliphatic carbocycles. The van der Waals surface area contributed by atoms with E-state index in [1.54, 1.807) is 13.8 Å². The molecule has 0 heterocycles. The van der Waals surface area contributed by atoms with E-state index < -0.39 is 10.0 Å². The van der Waals surface area contributed by atoms with Crippen LogP contribution in [-0.4, -0.2) is 20.4 Å². The van der Waals surface area contributed by atoms with Gasteiger partial charge in [0.15, 0.2) is 0 Å². The topological polar surface area (TPSA) is 75.3 Å². The fourth-order valence-corrected chi connectivity index (χ4v) is 4.27. The number of hydrogen-bond donors (Lipinski definition) is 2. The van der Waals surface area contributed by atoms with Crippen LogP contribution in [0.3, 0.4) is 0 Å². The van der Waals surface area contributed by atoms with Crippen LogP contribution in [0.25, 0.3) is 0 Å². The zero-order valence-electron chi connectivity index (χ0n) is 14.4. The van der Waals surface area contributed by atoms with E-state index >= 15 is 0 Å². The molecule has 0 aromatic heterocycles. The van der Waals surface area contributed by atoms with Crippen molar-refractivity contribution in [2.24, 2.45) is 0 Å². The predicted octanol–water partition coefficient (Wildman–Crippen LogP) is 3.11. The van der Waals surface area contributed by atoms with Crippen LogP contribution in [0.15, 0.2) is 47.4 Å². The number of amides is 1. The van der Waals surface area contributed by atoms with Crippen molar-refractivity contribution in [1.29, 1.82) is 0 Å². The summed E-state index contributed by atoms with van der Waals surface area (Å²) in [5.74, 6) is -0.251. The summed E-state index contributed by atoms with van der Waals surface area (Å²) in [6, 6.07) is 11.7. The molecular formula is C19H22N2O3S. The van der Waals surface area contributed by atoms with Crippen molar-refractivity contribution in [3.8, 4) is 0 Å². The van der Waals surface area contributed by atoms with Gasteiger partial charge in [0.1, 0.15) is 0 Å². The first-order chi connectivity index (χ1) is 11.8. The number of aryl methyl sites for hydroxylation is 2. The van der Waals surface area contributed by atoms with E-state index in [1.165, 1.54) is 35.4 Å². The van der Waals surface area contributed by atoms with Gasteiger partial charge in [-0.05, 0) is 80.6 Å². The molecule has 0 radical (unpaired) electrons. The fourth-order valence-electron chi connectivity index (χ4n) is 3.02. The van der Waals surface area contributed by atoms with Gasteiger partial charge in [0.05, 0.1) is 4.90 Å². The molecule has 0 spiro atoms. The van der Waals surface area contributed by atoms with Crippen molar-refractivity contribution in [1.82, 2.24) is 4.72 Å². The summed E-state index contributed by atoms with van der Waals surface area (Å²) in [6.45, 7) is 3.52. The van der Waals surface area contributed by atoms with Crippen LogP contribution in [0.2, 0.25) is 0 Å². The van der Waals surface area contributed by atoms with Crippen LogP contribution in [0.5, 0.6) is 0 Å². The van der Waals surface area contributed by atoms with Gasteiger partial charge in [-0.2, -0.15) is 0 Å². The smallest absolute Gasteiger partial charge is 0.255 e. The number of anilines is 1. The van der Waals surface area contributed by atoms with Crippen LogP contribution < -0.4 is 10.0 Å². The lowest BCUT2D eigenvalue weighted by Gasteiger charge is -2.10. The Morgan fingerprint density at radius 3 is 2.36 bits per heavy atom. The number of carbonyl (C=O) groups is 1. The third kappa shape index (κ3) is 4.08. The molecule has 1 aliphatic rings. The fraction of sp³-hybridized carbons (Fsp3) is 0.316. The Morgan fingerprint density at radius 2 is 1.68 bits per heavy atom. The summed E-state index contributed by atoms with van der Waals surface area (Å²) >= 11 is 0. The van der Waals surface area contributed by atoms with Gasteiger partial charge in [-0.25, -0.2) is 13.1 Å². The van der Waals surface area contributed by atoms with E-state index in [1.807, 2.05) is 12.1 Å². The lowest BCUT2D eigenvalue weighted by atomic mass is 10.1. The molecular weight excluding hydrogens is 336 g/mol. The molecule has 25 heavy (non-hydrogen) atoms. The van der Waals surface area contributed by atoms with Crippen molar-refractivity contribution in [3.05, 3.63) is 59.2 Å². The molecule has 2 aromatic rings. The van der Waals surface area contributed by atoms with Gasteiger partial charge >= 0.3 is 0 Å². The van der Waals surface area contributed by atoms with Gasteiger partial charge in [-0.3, -0.25) is 4.79 Å². The molecule has 2 aromatic carbocycles. The minimum Gasteiger partial charge on any atom is -0.322 e. The van der Waals surface area contributed by atoms with Crippen LogP contribution in [0, 0.1) is 0 Å². The first kappa shape index (κ1) is 17.6. The Bertz CT molecular complexity index is 887. The molecule has 3 rings (SSSR count). The first-order valence-electron chi connectivity index (χ1n) is 8.41. The van der Waals surface area contributed by atoms with E-state index in [9.17, 15) is 13.2 Å². The van der Waals surface area contributed by atoms with Crippen molar-refractivity contribution >= 4 is 21.6 Å². The zero-order chi connectivity index (χ0) is 18.0. The first-order valence-corrected chi connectivity index (χ1v) is 9.89. The predicted molar refractivity (Wildman–Crippen MR) is 98.3 cm³/mol. The number of nitrogens with one attached hydrogen (secondary N) is 2. The number of fused-ring (bicyclic) bond motifs is 1. The maximum Gasteiger partial charge on any atom is 0.255 e. The number of sulfonamides is 1. The second-order valence-electron chi connectivity index (χ2n) is 6.59. The van der Waals surface area contributed by atoms with Crippen molar-refractivity contribution in [2.45, 2.75) is 44.0 Å². The van der Waals surface area contributed by atoms with Gasteiger partial charge < -0.3 is 5.32 Å². The molecule has 0 fully saturated rings. The van der Waals surface area contributed by atoms with E-state index in [0.717, 1.165) is 24.9 Å². The van der Waals surface area contributed by atoms with Crippen LogP contribution in [0.1, 0.15) is 41.8 Å². The Kier molecular flexibility index (Phi) is 4.92. The second kappa shape index (κ2) is 6.98. The molecule has 5 nitrogen and oxygen atoms in total. The summed E-state index contributed by atoms with van der Waals surface area (Å²) in [7, 11) is -3.55. The summed E-state index contributed by atoms with van der Waals surface area (Å²) in [5.41, 5.74) is 3.83. The molecule has 0 atom stereocenters. The third-order valence-corrected chi connectivity index (χ3v) is 5.85. The molecule has 2 N–H and O–H groups in total. The maximum absolute atomic E-state index is 12.4. The summed E-state index contributed by atoms with van der Waals surface area (Å²) in [5, 5.41) is 2.87. The molecule has 0 aliphatic heterocycles. The SMILES string of the molecule is CC(C)NS(=O)(=O)c1ccc(C(=O)Nc2ccc3c(c2)CCC3)cc1. The van der Waals surface area contributed by atoms with E-state index in [2.05, 4.69) is 16.1 Å². The highest BCUT2D eigenvalue weighted by Crippen LogP contribution is 2.25. The molecule has 0 unspecified atom stereocenters. The highest BCUT2D eigenvalue weighted by atomic mass is 32.2. The minimum atomic E-state index is -3.55. The average molecular weight is 358 g/mol. The number of carbonyl (C=O) groups excluding carboxylic acids is 1. The lowest BCUT2D eigenvalue weighted by Crippen LogP contribution is -2.30. The lowest BCUT2D eigenvalue weighted by molar-refractivity contribution is 0.102. The van der Waals surface area contributed by atoms with Crippen LogP contribution >= 0.6 is 0 Å². The zero-order valence-corrected chi connectivity index (χ0v) is 15.2. The van der Waals surface area contributed by atoms with Gasteiger partial charge in [0.2, 0.25) is 10.0 Å². The normalized spacial score (nSPS) is 13.7. The molecule has 0 bridgehead atoms. The number of benzene rings is 2. The van der Waals surface area contributed by atoms with Crippen LogP contribution in [-0.2, 0) is 22.9 Å².